The maximum atomic E-state index is 5.89. The standard InChI is InChI=1S/C12H12ClN/c1-3-9-4-5-11-10(7-9)8(2)6-12(13)14-11/h4-7H,3H2,1-2H3. The monoisotopic (exact) mass is 205 g/mol. The first-order valence-corrected chi connectivity index (χ1v) is 5.14. The van der Waals surface area contributed by atoms with Crippen LogP contribution in [0.2, 0.25) is 5.15 Å². The maximum Gasteiger partial charge on any atom is 0.130 e. The summed E-state index contributed by atoms with van der Waals surface area (Å²) >= 11 is 5.89. The fourth-order valence-corrected chi connectivity index (χ4v) is 1.87. The Labute approximate surface area is 88.7 Å². The lowest BCUT2D eigenvalue weighted by Crippen LogP contribution is -1.87. The van der Waals surface area contributed by atoms with Gasteiger partial charge in [-0.15, -0.1) is 0 Å². The van der Waals surface area contributed by atoms with Crippen molar-refractivity contribution in [1.29, 1.82) is 0 Å². The van der Waals surface area contributed by atoms with Gasteiger partial charge in [-0.1, -0.05) is 24.6 Å². The molecule has 0 atom stereocenters. The first-order chi connectivity index (χ1) is 6.70. The molecule has 1 aromatic heterocycles. The van der Waals surface area contributed by atoms with Crippen LogP contribution in [0.25, 0.3) is 10.9 Å². The molecule has 2 rings (SSSR count). The van der Waals surface area contributed by atoms with Crippen LogP contribution in [0.3, 0.4) is 0 Å². The zero-order valence-electron chi connectivity index (χ0n) is 8.34. The molecule has 0 aliphatic carbocycles. The molecule has 14 heavy (non-hydrogen) atoms. The van der Waals surface area contributed by atoms with Gasteiger partial charge in [-0.05, 0) is 42.7 Å². The van der Waals surface area contributed by atoms with Gasteiger partial charge in [0, 0.05) is 5.39 Å². The molecule has 0 spiro atoms. The Morgan fingerprint density at radius 3 is 2.79 bits per heavy atom. The van der Waals surface area contributed by atoms with Gasteiger partial charge in [0.2, 0.25) is 0 Å². The number of hydrogen-bond donors (Lipinski definition) is 0. The summed E-state index contributed by atoms with van der Waals surface area (Å²) in [7, 11) is 0. The van der Waals surface area contributed by atoms with Gasteiger partial charge in [-0.2, -0.15) is 0 Å². The summed E-state index contributed by atoms with van der Waals surface area (Å²) in [5, 5.41) is 1.77. The highest BCUT2D eigenvalue weighted by molar-refractivity contribution is 6.29. The summed E-state index contributed by atoms with van der Waals surface area (Å²) in [4.78, 5) is 4.28. The van der Waals surface area contributed by atoms with Crippen molar-refractivity contribution in [3.8, 4) is 0 Å². The normalized spacial score (nSPS) is 10.8. The second-order valence-corrected chi connectivity index (χ2v) is 3.85. The third-order valence-electron chi connectivity index (χ3n) is 2.46. The average molecular weight is 206 g/mol. The van der Waals surface area contributed by atoms with Crippen molar-refractivity contribution in [3.05, 3.63) is 40.5 Å². The Morgan fingerprint density at radius 2 is 2.07 bits per heavy atom. The topological polar surface area (TPSA) is 12.9 Å². The first-order valence-electron chi connectivity index (χ1n) is 4.76. The minimum absolute atomic E-state index is 0.569. The van der Waals surface area contributed by atoms with Crippen LogP contribution in [0.5, 0.6) is 0 Å². The number of nitrogens with zero attached hydrogens (tertiary/aromatic N) is 1. The van der Waals surface area contributed by atoms with Crippen LogP contribution < -0.4 is 0 Å². The van der Waals surface area contributed by atoms with Crippen molar-refractivity contribution in [1.82, 2.24) is 4.98 Å². The van der Waals surface area contributed by atoms with Crippen LogP contribution in [0, 0.1) is 6.92 Å². The van der Waals surface area contributed by atoms with Crippen LogP contribution in [0.15, 0.2) is 24.3 Å². The number of pyridine rings is 1. The van der Waals surface area contributed by atoms with E-state index in [1.54, 1.807) is 0 Å². The molecule has 0 N–H and O–H groups in total. The number of aryl methyl sites for hydroxylation is 2. The highest BCUT2D eigenvalue weighted by Gasteiger charge is 2.01. The molecule has 0 saturated heterocycles. The Bertz CT molecular complexity index is 477. The molecule has 72 valence electrons. The average Bonchev–Trinajstić information content (AvgIpc) is 2.17. The first kappa shape index (κ1) is 9.47. The van der Waals surface area contributed by atoms with E-state index < -0.39 is 0 Å². The third kappa shape index (κ3) is 1.60. The van der Waals surface area contributed by atoms with Crippen molar-refractivity contribution >= 4 is 22.5 Å². The predicted octanol–water partition coefficient (Wildman–Crippen LogP) is 3.76. The zero-order chi connectivity index (χ0) is 10.1. The van der Waals surface area contributed by atoms with Crippen LogP contribution in [-0.4, -0.2) is 4.98 Å². The Balaban J connectivity index is 2.75. The Hall–Kier alpha value is -1.08. The number of aromatic nitrogens is 1. The Kier molecular flexibility index (Phi) is 2.42. The maximum absolute atomic E-state index is 5.89. The lowest BCUT2D eigenvalue weighted by molar-refractivity contribution is 1.14. The molecular weight excluding hydrogens is 194 g/mol. The molecule has 1 heterocycles. The minimum Gasteiger partial charge on any atom is -0.236 e. The van der Waals surface area contributed by atoms with Crippen molar-refractivity contribution in [2.75, 3.05) is 0 Å². The van der Waals surface area contributed by atoms with E-state index in [0.29, 0.717) is 5.15 Å². The number of fused-ring (bicyclic) bond motifs is 1. The summed E-state index contributed by atoms with van der Waals surface area (Å²) < 4.78 is 0. The summed E-state index contributed by atoms with van der Waals surface area (Å²) in [6.07, 6.45) is 1.05. The predicted molar refractivity (Wildman–Crippen MR) is 60.9 cm³/mol. The Morgan fingerprint density at radius 1 is 1.29 bits per heavy atom. The van der Waals surface area contributed by atoms with Gasteiger partial charge >= 0.3 is 0 Å². The molecule has 0 fully saturated rings. The van der Waals surface area contributed by atoms with Crippen molar-refractivity contribution in [3.63, 3.8) is 0 Å². The van der Waals surface area contributed by atoms with Crippen molar-refractivity contribution < 1.29 is 0 Å². The molecule has 1 aromatic carbocycles. The van der Waals surface area contributed by atoms with E-state index in [9.17, 15) is 0 Å². The molecule has 2 heteroatoms. The molecule has 0 radical (unpaired) electrons. The highest BCUT2D eigenvalue weighted by Crippen LogP contribution is 2.21. The summed E-state index contributed by atoms with van der Waals surface area (Å²) in [5.74, 6) is 0. The van der Waals surface area contributed by atoms with Crippen LogP contribution >= 0.6 is 11.6 Å². The molecule has 0 saturated carbocycles. The number of halogens is 1. The summed E-state index contributed by atoms with van der Waals surface area (Å²) in [6.45, 7) is 4.22. The molecule has 0 bridgehead atoms. The molecule has 1 nitrogen and oxygen atoms in total. The molecule has 0 aliphatic heterocycles. The molecular formula is C12H12ClN. The number of benzene rings is 1. The van der Waals surface area contributed by atoms with Crippen LogP contribution in [0.4, 0.5) is 0 Å². The smallest absolute Gasteiger partial charge is 0.130 e. The SMILES string of the molecule is CCc1ccc2nc(Cl)cc(C)c2c1. The number of rotatable bonds is 1. The minimum atomic E-state index is 0.569. The largest absolute Gasteiger partial charge is 0.236 e. The second-order valence-electron chi connectivity index (χ2n) is 3.47. The van der Waals surface area contributed by atoms with E-state index in [2.05, 4.69) is 31.0 Å². The second kappa shape index (κ2) is 3.58. The van der Waals surface area contributed by atoms with E-state index in [1.807, 2.05) is 12.1 Å². The van der Waals surface area contributed by atoms with Gasteiger partial charge in [-0.3, -0.25) is 0 Å². The highest BCUT2D eigenvalue weighted by atomic mass is 35.5. The van der Waals surface area contributed by atoms with Crippen LogP contribution in [0.1, 0.15) is 18.1 Å². The molecule has 0 unspecified atom stereocenters. The van der Waals surface area contributed by atoms with Gasteiger partial charge in [0.1, 0.15) is 5.15 Å². The van der Waals surface area contributed by atoms with Crippen molar-refractivity contribution in [2.45, 2.75) is 20.3 Å². The third-order valence-corrected chi connectivity index (χ3v) is 2.65. The van der Waals surface area contributed by atoms with E-state index >= 15 is 0 Å². The van der Waals surface area contributed by atoms with Crippen molar-refractivity contribution in [2.24, 2.45) is 0 Å². The fraction of sp³-hybridized carbons (Fsp3) is 0.250. The molecule has 0 aliphatic rings. The van der Waals surface area contributed by atoms with Gasteiger partial charge in [-0.25, -0.2) is 4.98 Å². The van der Waals surface area contributed by atoms with E-state index in [0.717, 1.165) is 11.9 Å². The molecule has 2 aromatic rings. The van der Waals surface area contributed by atoms with Gasteiger partial charge in [0.05, 0.1) is 5.52 Å². The van der Waals surface area contributed by atoms with Gasteiger partial charge in [0.15, 0.2) is 0 Å². The van der Waals surface area contributed by atoms with E-state index in [4.69, 9.17) is 11.6 Å². The zero-order valence-corrected chi connectivity index (χ0v) is 9.10. The summed E-state index contributed by atoms with van der Waals surface area (Å²) in [5.41, 5.74) is 3.51. The van der Waals surface area contributed by atoms with Gasteiger partial charge < -0.3 is 0 Å². The number of hydrogen-bond acceptors (Lipinski definition) is 1. The lowest BCUT2D eigenvalue weighted by atomic mass is 10.1. The molecule has 0 amide bonds. The van der Waals surface area contributed by atoms with E-state index in [1.165, 1.54) is 16.5 Å². The fourth-order valence-electron chi connectivity index (χ4n) is 1.62. The van der Waals surface area contributed by atoms with E-state index in [-0.39, 0.29) is 0 Å². The summed E-state index contributed by atoms with van der Waals surface area (Å²) in [6, 6.07) is 8.23. The van der Waals surface area contributed by atoms with Gasteiger partial charge in [0.25, 0.3) is 0 Å². The van der Waals surface area contributed by atoms with Crippen LogP contribution in [-0.2, 0) is 6.42 Å². The quantitative estimate of drug-likeness (QED) is 0.646. The lowest BCUT2D eigenvalue weighted by Gasteiger charge is -2.04.